The molecule has 5 nitrogen and oxygen atoms in total. The summed E-state index contributed by atoms with van der Waals surface area (Å²) in [6.07, 6.45) is 2.49. The number of carbonyl (C=O) groups is 1. The maximum Gasteiger partial charge on any atom is 0.298 e. The van der Waals surface area contributed by atoms with Crippen molar-refractivity contribution in [1.82, 2.24) is 15.1 Å². The summed E-state index contributed by atoms with van der Waals surface area (Å²) in [6.45, 7) is 7.03. The van der Waals surface area contributed by atoms with Gasteiger partial charge < -0.3 is 9.80 Å². The lowest BCUT2D eigenvalue weighted by atomic mass is 10.1. The lowest BCUT2D eigenvalue weighted by molar-refractivity contribution is -0.125. The van der Waals surface area contributed by atoms with Crippen molar-refractivity contribution >= 4 is 11.7 Å². The number of H-pyrrole nitrogens is 1. The van der Waals surface area contributed by atoms with E-state index in [2.05, 4.69) is 39.9 Å². The van der Waals surface area contributed by atoms with Crippen LogP contribution in [-0.4, -0.2) is 47.2 Å². The van der Waals surface area contributed by atoms with Gasteiger partial charge in [-0.25, -0.2) is 0 Å². The number of nitrogens with zero attached hydrogens (tertiary/aromatic N) is 3. The first kappa shape index (κ1) is 13.0. The normalized spacial score (nSPS) is 20.3. The largest absolute Gasteiger partial charge is 0.352 e. The third-order valence-corrected chi connectivity index (χ3v) is 4.34. The van der Waals surface area contributed by atoms with E-state index in [0.717, 1.165) is 18.9 Å². The highest BCUT2D eigenvalue weighted by Gasteiger charge is 2.41. The van der Waals surface area contributed by atoms with Gasteiger partial charge in [-0.3, -0.25) is 9.89 Å². The van der Waals surface area contributed by atoms with Crippen LogP contribution in [0.2, 0.25) is 0 Å². The second-order valence-corrected chi connectivity index (χ2v) is 5.85. The van der Waals surface area contributed by atoms with E-state index in [1.807, 2.05) is 4.90 Å². The maximum absolute atomic E-state index is 11.7. The van der Waals surface area contributed by atoms with Crippen LogP contribution >= 0.6 is 0 Å². The number of carbonyl (C=O) groups excluding carboxylic acids is 1. The monoisotopic (exact) mass is 272 g/mol. The van der Waals surface area contributed by atoms with Gasteiger partial charge in [0.2, 0.25) is 0 Å². The van der Waals surface area contributed by atoms with E-state index in [4.69, 9.17) is 0 Å². The fraction of sp³-hybridized carbons (Fsp3) is 0.600. The summed E-state index contributed by atoms with van der Waals surface area (Å²) in [4.78, 5) is 15.7. The molecular formula is C15H20N4O. The molecule has 1 saturated carbocycles. The van der Waals surface area contributed by atoms with Gasteiger partial charge in [0.05, 0.1) is 0 Å². The summed E-state index contributed by atoms with van der Waals surface area (Å²) >= 11 is 0. The summed E-state index contributed by atoms with van der Waals surface area (Å²) < 4.78 is 0. The van der Waals surface area contributed by atoms with Crippen LogP contribution in [0.1, 0.15) is 32.4 Å². The molecule has 106 valence electrons. The molecule has 0 radical (unpaired) electrons. The van der Waals surface area contributed by atoms with Gasteiger partial charge >= 0.3 is 0 Å². The van der Waals surface area contributed by atoms with Crippen LogP contribution in [0.3, 0.4) is 0 Å². The number of anilines is 1. The number of piperazine rings is 1. The molecule has 20 heavy (non-hydrogen) atoms. The molecule has 1 amide bonds. The van der Waals surface area contributed by atoms with E-state index >= 15 is 0 Å². The predicted molar refractivity (Wildman–Crippen MR) is 77.4 cm³/mol. The van der Waals surface area contributed by atoms with E-state index in [9.17, 15) is 4.79 Å². The molecule has 2 aliphatic rings. The van der Waals surface area contributed by atoms with E-state index in [0.29, 0.717) is 18.5 Å². The van der Waals surface area contributed by atoms with Crippen molar-refractivity contribution in [3.05, 3.63) is 11.8 Å². The minimum atomic E-state index is -0.0691. The molecular weight excluding hydrogens is 252 g/mol. The quantitative estimate of drug-likeness (QED) is 0.821. The maximum atomic E-state index is 11.7. The van der Waals surface area contributed by atoms with Crippen LogP contribution in [0.15, 0.2) is 6.07 Å². The van der Waals surface area contributed by atoms with Gasteiger partial charge in [-0.15, -0.1) is 0 Å². The molecule has 1 saturated heterocycles. The summed E-state index contributed by atoms with van der Waals surface area (Å²) in [5, 5.41) is 7.59. The molecule has 0 atom stereocenters. The highest BCUT2D eigenvalue weighted by Crippen LogP contribution is 2.47. The predicted octanol–water partition coefficient (Wildman–Crippen LogP) is 1.13. The topological polar surface area (TPSA) is 52.2 Å². The highest BCUT2D eigenvalue weighted by atomic mass is 16.2. The average molecular weight is 272 g/mol. The fourth-order valence-electron chi connectivity index (χ4n) is 2.56. The minimum absolute atomic E-state index is 0.0691. The van der Waals surface area contributed by atoms with Gasteiger partial charge in [0.25, 0.3) is 5.91 Å². The molecule has 1 aliphatic carbocycles. The number of rotatable bonds is 2. The summed E-state index contributed by atoms with van der Waals surface area (Å²) in [6, 6.07) is 2.16. The van der Waals surface area contributed by atoms with Crippen LogP contribution < -0.4 is 4.90 Å². The van der Waals surface area contributed by atoms with E-state index < -0.39 is 0 Å². The van der Waals surface area contributed by atoms with Gasteiger partial charge in [-0.1, -0.05) is 12.8 Å². The molecule has 1 aliphatic heterocycles. The van der Waals surface area contributed by atoms with Crippen molar-refractivity contribution in [3.63, 3.8) is 0 Å². The van der Waals surface area contributed by atoms with Gasteiger partial charge in [0.1, 0.15) is 0 Å². The Morgan fingerprint density at radius 2 is 2.05 bits per heavy atom. The molecule has 3 rings (SSSR count). The van der Waals surface area contributed by atoms with E-state index in [-0.39, 0.29) is 5.91 Å². The van der Waals surface area contributed by atoms with Gasteiger partial charge in [0.15, 0.2) is 5.82 Å². The van der Waals surface area contributed by atoms with Crippen LogP contribution in [0.25, 0.3) is 0 Å². The van der Waals surface area contributed by atoms with E-state index in [1.54, 1.807) is 6.92 Å². The molecule has 2 heterocycles. The Kier molecular flexibility index (Phi) is 3.17. The molecule has 1 aromatic heterocycles. The van der Waals surface area contributed by atoms with Crippen LogP contribution in [0, 0.1) is 11.8 Å². The van der Waals surface area contributed by atoms with Crippen molar-refractivity contribution in [2.45, 2.75) is 32.1 Å². The Bertz CT molecular complexity index is 568. The number of hydrogen-bond acceptors (Lipinski definition) is 3. The third kappa shape index (κ3) is 2.38. The Hall–Kier alpha value is -1.96. The lowest BCUT2D eigenvalue weighted by Crippen LogP contribution is -2.48. The first-order valence-electron chi connectivity index (χ1n) is 7.15. The molecule has 0 bridgehead atoms. The smallest absolute Gasteiger partial charge is 0.298 e. The first-order chi connectivity index (χ1) is 9.62. The average Bonchev–Trinajstić information content (AvgIpc) is 3.03. The van der Waals surface area contributed by atoms with Gasteiger partial charge in [0, 0.05) is 43.4 Å². The lowest BCUT2D eigenvalue weighted by Gasteiger charge is -2.33. The summed E-state index contributed by atoms with van der Waals surface area (Å²) in [5.74, 6) is 6.19. The Morgan fingerprint density at radius 1 is 1.35 bits per heavy atom. The van der Waals surface area contributed by atoms with Crippen molar-refractivity contribution in [3.8, 4) is 11.8 Å². The van der Waals surface area contributed by atoms with Crippen molar-refractivity contribution in [2.24, 2.45) is 0 Å². The fourth-order valence-corrected chi connectivity index (χ4v) is 2.56. The molecule has 0 aromatic carbocycles. The second-order valence-electron chi connectivity index (χ2n) is 5.85. The van der Waals surface area contributed by atoms with Crippen LogP contribution in [0.4, 0.5) is 5.82 Å². The number of hydrogen-bond donors (Lipinski definition) is 1. The Labute approximate surface area is 119 Å². The molecule has 5 heteroatoms. The molecule has 2 fully saturated rings. The first-order valence-corrected chi connectivity index (χ1v) is 7.15. The van der Waals surface area contributed by atoms with Crippen LogP contribution in [0.5, 0.6) is 0 Å². The van der Waals surface area contributed by atoms with Gasteiger partial charge in [-0.2, -0.15) is 5.10 Å². The number of amides is 1. The number of aromatic amines is 1. The standard InChI is InChI=1S/C15H20N4O/c1-3-4-14(20)19-9-7-18(8-10-19)13-11-12(16-17-13)15(2)5-6-15/h11H,5-10H2,1-2H3,(H,16,17). The highest BCUT2D eigenvalue weighted by molar-refractivity contribution is 5.93. The van der Waals surface area contributed by atoms with Gasteiger partial charge in [-0.05, 0) is 25.7 Å². The second kappa shape index (κ2) is 4.86. The third-order valence-electron chi connectivity index (χ3n) is 4.34. The SMILES string of the molecule is CC#CC(=O)N1CCN(c2cc(C3(C)CC3)[nH]n2)CC1. The zero-order chi connectivity index (χ0) is 14.2. The van der Waals surface area contributed by atoms with Crippen molar-refractivity contribution < 1.29 is 4.79 Å². The van der Waals surface area contributed by atoms with Crippen molar-refractivity contribution in [1.29, 1.82) is 0 Å². The Balaban J connectivity index is 1.61. The minimum Gasteiger partial charge on any atom is -0.352 e. The number of aromatic nitrogens is 2. The molecule has 1 aromatic rings. The zero-order valence-corrected chi connectivity index (χ0v) is 12.1. The molecule has 0 unspecified atom stereocenters. The molecule has 1 N–H and O–H groups in total. The zero-order valence-electron chi connectivity index (χ0n) is 12.1. The summed E-state index contributed by atoms with van der Waals surface area (Å²) in [7, 11) is 0. The molecule has 0 spiro atoms. The summed E-state index contributed by atoms with van der Waals surface area (Å²) in [5.41, 5.74) is 1.56. The number of nitrogens with one attached hydrogen (secondary N) is 1. The van der Waals surface area contributed by atoms with Crippen LogP contribution in [-0.2, 0) is 10.2 Å². The Morgan fingerprint density at radius 3 is 2.65 bits per heavy atom. The van der Waals surface area contributed by atoms with E-state index in [1.165, 1.54) is 18.5 Å². The van der Waals surface area contributed by atoms with Crippen molar-refractivity contribution in [2.75, 3.05) is 31.1 Å².